The van der Waals surface area contributed by atoms with Crippen molar-refractivity contribution in [2.45, 2.75) is 18.4 Å². The van der Waals surface area contributed by atoms with Gasteiger partial charge in [-0.3, -0.25) is 4.98 Å². The van der Waals surface area contributed by atoms with Crippen LogP contribution in [0.3, 0.4) is 0 Å². The number of aromatic nitrogens is 1. The Morgan fingerprint density at radius 2 is 2.24 bits per heavy atom. The Kier molecular flexibility index (Phi) is 3.07. The Labute approximate surface area is 131 Å². The van der Waals surface area contributed by atoms with Crippen molar-refractivity contribution in [1.29, 1.82) is 0 Å². The van der Waals surface area contributed by atoms with Gasteiger partial charge in [-0.05, 0) is 41.7 Å². The van der Waals surface area contributed by atoms with Crippen LogP contribution in [0.25, 0.3) is 0 Å². The molecule has 0 radical (unpaired) electrons. The summed E-state index contributed by atoms with van der Waals surface area (Å²) in [4.78, 5) is 4.20. The molecule has 2 nitrogen and oxygen atoms in total. The Morgan fingerprint density at radius 1 is 1.33 bits per heavy atom. The lowest BCUT2D eigenvalue weighted by Gasteiger charge is -2.37. The smallest absolute Gasteiger partial charge is 0.147 e. The molecule has 1 aliphatic heterocycles. The van der Waals surface area contributed by atoms with Crippen molar-refractivity contribution in [3.8, 4) is 0 Å². The number of fused-ring (bicyclic) bond motifs is 3. The van der Waals surface area contributed by atoms with Crippen molar-refractivity contribution < 1.29 is 4.39 Å². The highest BCUT2D eigenvalue weighted by atomic mass is 79.9. The molecule has 0 bridgehead atoms. The third-order valence-electron chi connectivity index (χ3n) is 4.43. The highest BCUT2D eigenvalue weighted by molar-refractivity contribution is 9.10. The fourth-order valence-corrected chi connectivity index (χ4v) is 3.96. The maximum absolute atomic E-state index is 14.3. The molecule has 4 heteroatoms. The van der Waals surface area contributed by atoms with Crippen molar-refractivity contribution in [2.75, 3.05) is 5.32 Å². The lowest BCUT2D eigenvalue weighted by atomic mass is 9.77. The van der Waals surface area contributed by atoms with Crippen LogP contribution < -0.4 is 5.32 Å². The highest BCUT2D eigenvalue weighted by Crippen LogP contribution is 2.50. The number of anilines is 1. The van der Waals surface area contributed by atoms with Gasteiger partial charge in [0.05, 0.1) is 11.7 Å². The minimum atomic E-state index is -0.202. The van der Waals surface area contributed by atoms with E-state index in [4.69, 9.17) is 0 Å². The summed E-state index contributed by atoms with van der Waals surface area (Å²) in [7, 11) is 0. The number of halogens is 2. The third kappa shape index (κ3) is 2.09. The standard InChI is InChI=1S/C17H14BrFN2/c18-11-7-14-12-4-1-5-13(12)16(10-3-2-6-20-9-10)21-17(14)15(19)8-11/h1-4,6-9,12-13,16,21H,5H2/t12-,13+,16+/m0/s1. The van der Waals surface area contributed by atoms with Crippen molar-refractivity contribution in [2.24, 2.45) is 5.92 Å². The largest absolute Gasteiger partial charge is 0.375 e. The molecule has 1 aromatic heterocycles. The first-order chi connectivity index (χ1) is 10.2. The second kappa shape index (κ2) is 4.95. The van der Waals surface area contributed by atoms with Gasteiger partial charge in [-0.15, -0.1) is 0 Å². The molecule has 1 aromatic carbocycles. The number of benzene rings is 1. The molecule has 1 N–H and O–H groups in total. The maximum Gasteiger partial charge on any atom is 0.147 e. The summed E-state index contributed by atoms with van der Waals surface area (Å²) in [6, 6.07) is 7.63. The molecule has 0 saturated heterocycles. The van der Waals surface area contributed by atoms with Gasteiger partial charge in [-0.2, -0.15) is 0 Å². The molecule has 0 fully saturated rings. The molecule has 0 amide bonds. The quantitative estimate of drug-likeness (QED) is 0.751. The first-order valence-electron chi connectivity index (χ1n) is 7.06. The second-order valence-electron chi connectivity index (χ2n) is 5.61. The van der Waals surface area contributed by atoms with Crippen LogP contribution in [0.15, 0.2) is 53.3 Å². The molecule has 0 saturated carbocycles. The molecule has 21 heavy (non-hydrogen) atoms. The molecule has 2 aromatic rings. The maximum atomic E-state index is 14.3. The van der Waals surface area contributed by atoms with Gasteiger partial charge in [-0.1, -0.05) is 34.1 Å². The van der Waals surface area contributed by atoms with Crippen LogP contribution in [0, 0.1) is 11.7 Å². The number of pyridine rings is 1. The van der Waals surface area contributed by atoms with E-state index in [1.165, 1.54) is 6.07 Å². The first-order valence-corrected chi connectivity index (χ1v) is 7.85. The van der Waals surface area contributed by atoms with Crippen molar-refractivity contribution in [3.05, 3.63) is 70.2 Å². The normalized spacial score (nSPS) is 26.1. The van der Waals surface area contributed by atoms with E-state index in [-0.39, 0.29) is 17.8 Å². The molecular weight excluding hydrogens is 331 g/mol. The fraction of sp³-hybridized carbons (Fsp3) is 0.235. The average molecular weight is 345 g/mol. The number of nitrogens with one attached hydrogen (secondary N) is 1. The van der Waals surface area contributed by atoms with E-state index in [2.05, 4.69) is 44.4 Å². The average Bonchev–Trinajstić information content (AvgIpc) is 2.97. The molecule has 0 spiro atoms. The van der Waals surface area contributed by atoms with E-state index < -0.39 is 0 Å². The minimum Gasteiger partial charge on any atom is -0.375 e. The van der Waals surface area contributed by atoms with Gasteiger partial charge in [-0.25, -0.2) is 4.39 Å². The predicted molar refractivity (Wildman–Crippen MR) is 84.7 cm³/mol. The molecule has 2 heterocycles. The molecule has 0 unspecified atom stereocenters. The van der Waals surface area contributed by atoms with E-state index in [1.807, 2.05) is 18.3 Å². The van der Waals surface area contributed by atoms with Crippen LogP contribution in [0.1, 0.15) is 29.5 Å². The number of allylic oxidation sites excluding steroid dienone is 2. The molecule has 3 atom stereocenters. The zero-order valence-electron chi connectivity index (χ0n) is 11.3. The van der Waals surface area contributed by atoms with Gasteiger partial charge in [0.2, 0.25) is 0 Å². The summed E-state index contributed by atoms with van der Waals surface area (Å²) in [6.45, 7) is 0. The van der Waals surface area contributed by atoms with E-state index in [1.54, 1.807) is 6.20 Å². The Balaban J connectivity index is 1.84. The molecular formula is C17H14BrFN2. The van der Waals surface area contributed by atoms with E-state index in [0.29, 0.717) is 11.6 Å². The minimum absolute atomic E-state index is 0.0990. The van der Waals surface area contributed by atoms with E-state index in [0.717, 1.165) is 22.0 Å². The second-order valence-corrected chi connectivity index (χ2v) is 6.53. The Morgan fingerprint density at radius 3 is 3.05 bits per heavy atom. The van der Waals surface area contributed by atoms with Crippen LogP contribution in [0.4, 0.5) is 10.1 Å². The van der Waals surface area contributed by atoms with Crippen LogP contribution in [0.2, 0.25) is 0 Å². The van der Waals surface area contributed by atoms with Gasteiger partial charge >= 0.3 is 0 Å². The molecule has 2 aliphatic rings. The Bertz CT molecular complexity index is 714. The number of hydrogen-bond acceptors (Lipinski definition) is 2. The van der Waals surface area contributed by atoms with Crippen molar-refractivity contribution in [1.82, 2.24) is 4.98 Å². The molecule has 106 valence electrons. The molecule has 1 aliphatic carbocycles. The van der Waals surface area contributed by atoms with Crippen molar-refractivity contribution in [3.63, 3.8) is 0 Å². The topological polar surface area (TPSA) is 24.9 Å². The van der Waals surface area contributed by atoms with Crippen LogP contribution in [-0.2, 0) is 0 Å². The van der Waals surface area contributed by atoms with Gasteiger partial charge in [0.1, 0.15) is 5.82 Å². The summed E-state index contributed by atoms with van der Waals surface area (Å²) < 4.78 is 15.1. The lowest BCUT2D eigenvalue weighted by Crippen LogP contribution is -2.29. The zero-order valence-corrected chi connectivity index (χ0v) is 12.8. The van der Waals surface area contributed by atoms with E-state index >= 15 is 0 Å². The lowest BCUT2D eigenvalue weighted by molar-refractivity contribution is 0.420. The monoisotopic (exact) mass is 344 g/mol. The summed E-state index contributed by atoms with van der Waals surface area (Å²) in [5.41, 5.74) is 2.78. The summed E-state index contributed by atoms with van der Waals surface area (Å²) >= 11 is 3.40. The summed E-state index contributed by atoms with van der Waals surface area (Å²) in [5.74, 6) is 0.473. The molecule has 4 rings (SSSR count). The highest BCUT2D eigenvalue weighted by Gasteiger charge is 2.39. The SMILES string of the molecule is Fc1cc(Br)cc2c1N[C@H](c1cccnc1)[C@@H]1CC=C[C@H]21. The predicted octanol–water partition coefficient (Wildman–Crippen LogP) is 4.81. The number of rotatable bonds is 1. The number of hydrogen-bond donors (Lipinski definition) is 1. The van der Waals surface area contributed by atoms with Crippen LogP contribution >= 0.6 is 15.9 Å². The van der Waals surface area contributed by atoms with E-state index in [9.17, 15) is 4.39 Å². The summed E-state index contributed by atoms with van der Waals surface area (Å²) in [6.07, 6.45) is 9.05. The fourth-order valence-electron chi connectivity index (χ4n) is 3.51. The van der Waals surface area contributed by atoms with Crippen molar-refractivity contribution >= 4 is 21.6 Å². The summed E-state index contributed by atoms with van der Waals surface area (Å²) in [5, 5.41) is 3.40. The zero-order chi connectivity index (χ0) is 14.4. The first kappa shape index (κ1) is 13.0. The van der Waals surface area contributed by atoms with Gasteiger partial charge in [0.25, 0.3) is 0 Å². The van der Waals surface area contributed by atoms with Gasteiger partial charge in [0.15, 0.2) is 0 Å². The van der Waals surface area contributed by atoms with Gasteiger partial charge < -0.3 is 5.32 Å². The Hall–Kier alpha value is -1.68. The van der Waals surface area contributed by atoms with Gasteiger partial charge in [0, 0.05) is 22.8 Å². The third-order valence-corrected chi connectivity index (χ3v) is 4.89. The van der Waals surface area contributed by atoms with Crippen LogP contribution in [-0.4, -0.2) is 4.98 Å². The van der Waals surface area contributed by atoms with Crippen LogP contribution in [0.5, 0.6) is 0 Å². The number of nitrogens with zero attached hydrogens (tertiary/aromatic N) is 1.